The van der Waals surface area contributed by atoms with Crippen molar-refractivity contribution >= 4 is 23.1 Å². The molecular formula is C26H27N5O. The van der Waals surface area contributed by atoms with E-state index in [1.165, 1.54) is 5.56 Å². The maximum atomic E-state index is 14.1. The first-order chi connectivity index (χ1) is 15.6. The summed E-state index contributed by atoms with van der Waals surface area (Å²) in [6.07, 6.45) is 3.89. The number of para-hydroxylation sites is 2. The third kappa shape index (κ3) is 2.55. The average molecular weight is 426 g/mol. The molecule has 0 aliphatic carbocycles. The number of carbonyl (C=O) groups excluding carboxylic acids is 1. The number of carbonyl (C=O) groups is 1. The van der Waals surface area contributed by atoms with Gasteiger partial charge in [-0.15, -0.1) is 0 Å². The van der Waals surface area contributed by atoms with Gasteiger partial charge in [0.1, 0.15) is 11.2 Å². The average Bonchev–Trinajstić information content (AvgIpc) is 3.30. The van der Waals surface area contributed by atoms with Crippen LogP contribution in [0.3, 0.4) is 0 Å². The first-order valence-electron chi connectivity index (χ1n) is 11.5. The van der Waals surface area contributed by atoms with E-state index in [1.54, 1.807) is 5.01 Å². The molecule has 0 bridgehead atoms. The van der Waals surface area contributed by atoms with Crippen LogP contribution in [0.5, 0.6) is 0 Å². The summed E-state index contributed by atoms with van der Waals surface area (Å²) in [5, 5.41) is 11.4. The van der Waals surface area contributed by atoms with Crippen molar-refractivity contribution in [2.24, 2.45) is 10.5 Å². The number of benzene rings is 2. The second kappa shape index (κ2) is 7.05. The Balaban J connectivity index is 1.51. The molecule has 2 atom stereocenters. The van der Waals surface area contributed by atoms with E-state index < -0.39 is 5.41 Å². The van der Waals surface area contributed by atoms with Crippen LogP contribution in [0, 0.1) is 12.3 Å². The van der Waals surface area contributed by atoms with Crippen molar-refractivity contribution in [3.05, 3.63) is 71.9 Å². The zero-order chi connectivity index (χ0) is 21.9. The highest BCUT2D eigenvalue weighted by atomic mass is 16.2. The van der Waals surface area contributed by atoms with Gasteiger partial charge in [0.05, 0.1) is 28.8 Å². The summed E-state index contributed by atoms with van der Waals surface area (Å²) in [4.78, 5) is 16.6. The molecule has 1 aromatic heterocycles. The van der Waals surface area contributed by atoms with Crippen LogP contribution in [-0.4, -0.2) is 34.0 Å². The minimum absolute atomic E-state index is 0.0901. The van der Waals surface area contributed by atoms with Crippen LogP contribution in [0.1, 0.15) is 37.4 Å². The van der Waals surface area contributed by atoms with Crippen LogP contribution in [0.2, 0.25) is 0 Å². The number of hydrogen-bond acceptors (Lipinski definition) is 4. The predicted octanol–water partition coefficient (Wildman–Crippen LogP) is 4.50. The second-order valence-corrected chi connectivity index (χ2v) is 9.13. The molecule has 3 aromatic rings. The number of aryl methyl sites for hydroxylation is 1. The van der Waals surface area contributed by atoms with E-state index in [2.05, 4.69) is 28.6 Å². The number of piperidine rings is 1. The first kappa shape index (κ1) is 19.3. The standard InChI is InChI=1S/C26H27N5O/c1-18-22-17-26(19(2)28-31(25(26)32)21-13-7-4-8-14-21)23-15-9-10-16-29(23)24(22)30(27-18)20-11-5-3-6-12-20/h3-8,11-14,23H,9-10,15-17H2,1-2H3. The lowest BCUT2D eigenvalue weighted by molar-refractivity contribution is -0.125. The Kier molecular flexibility index (Phi) is 4.25. The van der Waals surface area contributed by atoms with Crippen molar-refractivity contribution in [1.82, 2.24) is 9.78 Å². The summed E-state index contributed by atoms with van der Waals surface area (Å²) in [6, 6.07) is 20.2. The van der Waals surface area contributed by atoms with Gasteiger partial charge in [-0.3, -0.25) is 4.79 Å². The highest BCUT2D eigenvalue weighted by Gasteiger charge is 2.60. The Labute approximate surface area is 188 Å². The highest BCUT2D eigenvalue weighted by Crippen LogP contribution is 2.51. The molecule has 2 unspecified atom stereocenters. The molecule has 6 rings (SSSR count). The van der Waals surface area contributed by atoms with E-state index >= 15 is 0 Å². The lowest BCUT2D eigenvalue weighted by Crippen LogP contribution is -2.61. The molecule has 32 heavy (non-hydrogen) atoms. The van der Waals surface area contributed by atoms with Crippen molar-refractivity contribution in [1.29, 1.82) is 0 Å². The van der Waals surface area contributed by atoms with Crippen LogP contribution < -0.4 is 9.91 Å². The van der Waals surface area contributed by atoms with E-state index in [1.807, 2.05) is 55.5 Å². The number of nitrogens with zero attached hydrogens (tertiary/aromatic N) is 5. The van der Waals surface area contributed by atoms with Crippen molar-refractivity contribution in [3.8, 4) is 5.69 Å². The second-order valence-electron chi connectivity index (χ2n) is 9.13. The Bertz CT molecular complexity index is 1220. The number of amides is 1. The SMILES string of the molecule is CC1=NN(c2ccccc2)C(=O)C12Cc1c(C)nn(-c3ccccc3)c1N1CCCCC12. The van der Waals surface area contributed by atoms with Crippen molar-refractivity contribution < 1.29 is 4.79 Å². The molecule has 3 aliphatic rings. The number of hydrogen-bond donors (Lipinski definition) is 0. The molecule has 1 amide bonds. The smallest absolute Gasteiger partial charge is 0.261 e. The van der Waals surface area contributed by atoms with Gasteiger partial charge in [0, 0.05) is 12.1 Å². The number of anilines is 2. The normalized spacial score (nSPS) is 24.5. The maximum absolute atomic E-state index is 14.1. The van der Waals surface area contributed by atoms with Gasteiger partial charge in [0.25, 0.3) is 5.91 Å². The van der Waals surface area contributed by atoms with E-state index in [0.717, 1.165) is 54.4 Å². The largest absolute Gasteiger partial charge is 0.352 e. The highest BCUT2D eigenvalue weighted by molar-refractivity contribution is 6.20. The monoisotopic (exact) mass is 425 g/mol. The summed E-state index contributed by atoms with van der Waals surface area (Å²) in [5.41, 5.74) is 4.33. The molecule has 6 nitrogen and oxygen atoms in total. The van der Waals surface area contributed by atoms with Crippen molar-refractivity contribution in [3.63, 3.8) is 0 Å². The Morgan fingerprint density at radius 3 is 2.34 bits per heavy atom. The Hall–Kier alpha value is -3.41. The van der Waals surface area contributed by atoms with Gasteiger partial charge < -0.3 is 4.90 Å². The predicted molar refractivity (Wildman–Crippen MR) is 126 cm³/mol. The Morgan fingerprint density at radius 2 is 1.62 bits per heavy atom. The summed E-state index contributed by atoms with van der Waals surface area (Å²) in [5.74, 6) is 1.25. The van der Waals surface area contributed by atoms with Gasteiger partial charge in [0.15, 0.2) is 0 Å². The molecule has 4 heterocycles. The quantitative estimate of drug-likeness (QED) is 0.607. The summed E-state index contributed by atoms with van der Waals surface area (Å²) >= 11 is 0. The third-order valence-electron chi connectivity index (χ3n) is 7.43. The first-order valence-corrected chi connectivity index (χ1v) is 11.5. The van der Waals surface area contributed by atoms with Gasteiger partial charge >= 0.3 is 0 Å². The molecular weight excluding hydrogens is 398 g/mol. The molecule has 1 saturated heterocycles. The van der Waals surface area contributed by atoms with E-state index in [0.29, 0.717) is 6.42 Å². The van der Waals surface area contributed by atoms with Crippen LogP contribution in [-0.2, 0) is 11.2 Å². The van der Waals surface area contributed by atoms with E-state index in [9.17, 15) is 4.79 Å². The van der Waals surface area contributed by atoms with Gasteiger partial charge in [-0.25, -0.2) is 4.68 Å². The van der Waals surface area contributed by atoms with Crippen molar-refractivity contribution in [2.45, 2.75) is 45.6 Å². The molecule has 1 spiro atoms. The summed E-state index contributed by atoms with van der Waals surface area (Å²) in [6.45, 7) is 5.04. The minimum Gasteiger partial charge on any atom is -0.352 e. The number of fused-ring (bicyclic) bond motifs is 4. The topological polar surface area (TPSA) is 53.7 Å². The number of hydrazone groups is 1. The third-order valence-corrected chi connectivity index (χ3v) is 7.43. The van der Waals surface area contributed by atoms with Crippen LogP contribution >= 0.6 is 0 Å². The van der Waals surface area contributed by atoms with E-state index in [-0.39, 0.29) is 11.9 Å². The van der Waals surface area contributed by atoms with Crippen molar-refractivity contribution in [2.75, 3.05) is 16.5 Å². The van der Waals surface area contributed by atoms with Gasteiger partial charge in [-0.05, 0) is 63.8 Å². The fraction of sp³-hybridized carbons (Fsp3) is 0.346. The zero-order valence-electron chi connectivity index (χ0n) is 18.5. The van der Waals surface area contributed by atoms with Crippen LogP contribution in [0.15, 0.2) is 65.8 Å². The van der Waals surface area contributed by atoms with Gasteiger partial charge in [-0.1, -0.05) is 36.4 Å². The molecule has 162 valence electrons. The van der Waals surface area contributed by atoms with Gasteiger partial charge in [-0.2, -0.15) is 15.2 Å². The Morgan fingerprint density at radius 1 is 0.938 bits per heavy atom. The van der Waals surface area contributed by atoms with Crippen LogP contribution in [0.4, 0.5) is 11.5 Å². The molecule has 1 fully saturated rings. The maximum Gasteiger partial charge on any atom is 0.261 e. The molecule has 0 N–H and O–H groups in total. The molecule has 2 aromatic carbocycles. The zero-order valence-corrected chi connectivity index (χ0v) is 18.5. The lowest BCUT2D eigenvalue weighted by Gasteiger charge is -2.50. The fourth-order valence-electron chi connectivity index (χ4n) is 5.85. The molecule has 0 saturated carbocycles. The number of rotatable bonds is 2. The van der Waals surface area contributed by atoms with E-state index in [4.69, 9.17) is 10.2 Å². The molecule has 3 aliphatic heterocycles. The number of aromatic nitrogens is 2. The summed E-state index contributed by atoms with van der Waals surface area (Å²) < 4.78 is 2.08. The van der Waals surface area contributed by atoms with Crippen LogP contribution in [0.25, 0.3) is 5.69 Å². The fourth-order valence-corrected chi connectivity index (χ4v) is 5.85. The minimum atomic E-state index is -0.640. The van der Waals surface area contributed by atoms with Gasteiger partial charge in [0.2, 0.25) is 0 Å². The molecule has 6 heteroatoms. The molecule has 0 radical (unpaired) electrons. The lowest BCUT2D eigenvalue weighted by atomic mass is 9.66. The summed E-state index contributed by atoms with van der Waals surface area (Å²) in [7, 11) is 0.